The Bertz CT molecular complexity index is 370. The van der Waals surface area contributed by atoms with Gasteiger partial charge in [0.15, 0.2) is 0 Å². The van der Waals surface area contributed by atoms with E-state index in [0.29, 0.717) is 21.8 Å². The Kier molecular flexibility index (Phi) is 6.45. The monoisotopic (exact) mass is 292 g/mol. The van der Waals surface area contributed by atoms with Gasteiger partial charge in [-0.2, -0.15) is 0 Å². The van der Waals surface area contributed by atoms with Crippen molar-refractivity contribution in [2.24, 2.45) is 5.92 Å². The van der Waals surface area contributed by atoms with Crippen LogP contribution in [0.15, 0.2) is 11.1 Å². The zero-order valence-electron chi connectivity index (χ0n) is 10.4. The normalized spacial score (nSPS) is 10.9. The van der Waals surface area contributed by atoms with Crippen LogP contribution in [0.5, 0.6) is 0 Å². The molecule has 0 aliphatic heterocycles. The Morgan fingerprint density at radius 2 is 2.06 bits per heavy atom. The van der Waals surface area contributed by atoms with E-state index in [0.717, 1.165) is 23.7 Å². The summed E-state index contributed by atoms with van der Waals surface area (Å²) in [5.74, 6) is 2.44. The molecule has 0 saturated heterocycles. The van der Waals surface area contributed by atoms with Crippen LogP contribution >= 0.6 is 35.0 Å². The van der Waals surface area contributed by atoms with Gasteiger partial charge in [-0.15, -0.1) is 11.8 Å². The van der Waals surface area contributed by atoms with Crippen molar-refractivity contribution in [2.75, 3.05) is 17.6 Å². The number of halogens is 2. The van der Waals surface area contributed by atoms with Gasteiger partial charge in [0, 0.05) is 6.54 Å². The average molecular weight is 293 g/mol. The van der Waals surface area contributed by atoms with E-state index in [1.54, 1.807) is 17.8 Å². The molecule has 0 bridgehead atoms. The number of thioether (sulfide) groups is 1. The largest absolute Gasteiger partial charge is 0.369 e. The number of nitrogens with one attached hydrogen (secondary N) is 1. The Labute approximate surface area is 117 Å². The minimum absolute atomic E-state index is 0.574. The fraction of sp³-hybridized carbons (Fsp3) is 0.583. The van der Waals surface area contributed by atoms with E-state index >= 15 is 0 Å². The van der Waals surface area contributed by atoms with Crippen molar-refractivity contribution in [2.45, 2.75) is 32.2 Å². The maximum absolute atomic E-state index is 6.12. The third kappa shape index (κ3) is 4.94. The van der Waals surface area contributed by atoms with Gasteiger partial charge < -0.3 is 5.32 Å². The van der Waals surface area contributed by atoms with Crippen molar-refractivity contribution in [1.82, 2.24) is 4.98 Å². The summed E-state index contributed by atoms with van der Waals surface area (Å²) >= 11 is 13.8. The molecular formula is C12H18Cl2N2S. The highest BCUT2D eigenvalue weighted by molar-refractivity contribution is 7.99. The van der Waals surface area contributed by atoms with E-state index in [1.165, 1.54) is 0 Å². The molecule has 1 N–H and O–H groups in total. The molecule has 1 rings (SSSR count). The summed E-state index contributed by atoms with van der Waals surface area (Å²) in [4.78, 5) is 4.45. The van der Waals surface area contributed by atoms with Gasteiger partial charge in [0.2, 0.25) is 0 Å². The first kappa shape index (κ1) is 14.9. The molecule has 0 saturated carbocycles. The molecule has 96 valence electrons. The van der Waals surface area contributed by atoms with Crippen LogP contribution in [0.25, 0.3) is 0 Å². The molecule has 0 radical (unpaired) electrons. The second-order valence-corrected chi connectivity index (χ2v) is 6.07. The van der Waals surface area contributed by atoms with Gasteiger partial charge >= 0.3 is 0 Å². The standard InChI is InChI=1S/C12H18Cl2N2S/c1-4-15-11-9(13)7-10(14)12(16-11)17-6-5-8(2)3/h7-8H,4-6H2,1-3H3,(H,15,16). The highest BCUT2D eigenvalue weighted by atomic mass is 35.5. The Morgan fingerprint density at radius 3 is 2.65 bits per heavy atom. The van der Waals surface area contributed by atoms with Gasteiger partial charge in [-0.05, 0) is 31.1 Å². The second-order valence-electron chi connectivity index (χ2n) is 4.17. The van der Waals surface area contributed by atoms with E-state index in [-0.39, 0.29) is 0 Å². The molecule has 0 aromatic carbocycles. The molecule has 0 aliphatic rings. The Hall–Kier alpha value is -0.120. The number of rotatable bonds is 6. The topological polar surface area (TPSA) is 24.9 Å². The highest BCUT2D eigenvalue weighted by Crippen LogP contribution is 2.32. The van der Waals surface area contributed by atoms with Crippen LogP contribution in [-0.2, 0) is 0 Å². The third-order valence-electron chi connectivity index (χ3n) is 2.18. The lowest BCUT2D eigenvalue weighted by Crippen LogP contribution is -2.01. The van der Waals surface area contributed by atoms with Crippen molar-refractivity contribution >= 4 is 40.8 Å². The van der Waals surface area contributed by atoms with E-state index in [1.807, 2.05) is 6.92 Å². The first-order valence-electron chi connectivity index (χ1n) is 5.77. The van der Waals surface area contributed by atoms with Crippen LogP contribution in [0, 0.1) is 5.92 Å². The fourth-order valence-corrected chi connectivity index (χ4v) is 2.96. The first-order valence-corrected chi connectivity index (χ1v) is 7.51. The zero-order chi connectivity index (χ0) is 12.8. The number of aromatic nitrogens is 1. The average Bonchev–Trinajstić information content (AvgIpc) is 2.24. The van der Waals surface area contributed by atoms with E-state index in [4.69, 9.17) is 23.2 Å². The molecule has 0 spiro atoms. The van der Waals surface area contributed by atoms with Gasteiger partial charge in [-0.25, -0.2) is 4.98 Å². The SMILES string of the molecule is CCNc1nc(SCCC(C)C)c(Cl)cc1Cl. The van der Waals surface area contributed by atoms with Gasteiger partial charge in [0.1, 0.15) is 10.8 Å². The van der Waals surface area contributed by atoms with Crippen LogP contribution < -0.4 is 5.32 Å². The summed E-state index contributed by atoms with van der Waals surface area (Å²) in [5, 5.41) is 5.19. The van der Waals surface area contributed by atoms with Crippen molar-refractivity contribution in [3.8, 4) is 0 Å². The molecule has 0 unspecified atom stereocenters. The lowest BCUT2D eigenvalue weighted by atomic mass is 10.2. The quantitative estimate of drug-likeness (QED) is 0.750. The highest BCUT2D eigenvalue weighted by Gasteiger charge is 2.09. The third-order valence-corrected chi connectivity index (χ3v) is 3.89. The number of nitrogens with zero attached hydrogens (tertiary/aromatic N) is 1. The maximum Gasteiger partial charge on any atom is 0.146 e. The molecule has 17 heavy (non-hydrogen) atoms. The fourth-order valence-electron chi connectivity index (χ4n) is 1.23. The zero-order valence-corrected chi connectivity index (χ0v) is 12.7. The summed E-state index contributed by atoms with van der Waals surface area (Å²) in [6, 6.07) is 1.76. The van der Waals surface area contributed by atoms with Crippen LogP contribution in [0.1, 0.15) is 27.2 Å². The summed E-state index contributed by atoms with van der Waals surface area (Å²) in [6.45, 7) is 7.23. The van der Waals surface area contributed by atoms with Gasteiger partial charge in [0.05, 0.1) is 10.0 Å². The van der Waals surface area contributed by atoms with Crippen molar-refractivity contribution < 1.29 is 0 Å². The van der Waals surface area contributed by atoms with Crippen molar-refractivity contribution in [3.63, 3.8) is 0 Å². The number of anilines is 1. The number of hydrogen-bond donors (Lipinski definition) is 1. The van der Waals surface area contributed by atoms with Crippen molar-refractivity contribution in [1.29, 1.82) is 0 Å². The number of pyridine rings is 1. The van der Waals surface area contributed by atoms with Crippen LogP contribution in [0.3, 0.4) is 0 Å². The van der Waals surface area contributed by atoms with Gasteiger partial charge in [-0.1, -0.05) is 37.0 Å². The van der Waals surface area contributed by atoms with Crippen LogP contribution in [-0.4, -0.2) is 17.3 Å². The molecule has 1 aromatic heterocycles. The predicted molar refractivity (Wildman–Crippen MR) is 78.6 cm³/mol. The Balaban J connectivity index is 2.73. The van der Waals surface area contributed by atoms with Crippen LogP contribution in [0.2, 0.25) is 10.0 Å². The van der Waals surface area contributed by atoms with E-state index in [2.05, 4.69) is 24.1 Å². The van der Waals surface area contributed by atoms with E-state index in [9.17, 15) is 0 Å². The number of hydrogen-bond acceptors (Lipinski definition) is 3. The first-order chi connectivity index (χ1) is 8.04. The summed E-state index contributed by atoms with van der Waals surface area (Å²) < 4.78 is 0. The maximum atomic E-state index is 6.12. The molecular weight excluding hydrogens is 275 g/mol. The van der Waals surface area contributed by atoms with Crippen molar-refractivity contribution in [3.05, 3.63) is 16.1 Å². The molecule has 2 nitrogen and oxygen atoms in total. The minimum Gasteiger partial charge on any atom is -0.369 e. The molecule has 1 aromatic rings. The van der Waals surface area contributed by atoms with E-state index < -0.39 is 0 Å². The van der Waals surface area contributed by atoms with Gasteiger partial charge in [-0.3, -0.25) is 0 Å². The molecule has 5 heteroatoms. The van der Waals surface area contributed by atoms with Crippen LogP contribution in [0.4, 0.5) is 5.82 Å². The molecule has 0 aliphatic carbocycles. The van der Waals surface area contributed by atoms with Gasteiger partial charge in [0.25, 0.3) is 0 Å². The molecule has 1 heterocycles. The molecule has 0 fully saturated rings. The molecule has 0 atom stereocenters. The summed E-state index contributed by atoms with van der Waals surface area (Å²) in [5.41, 5.74) is 0. The lowest BCUT2D eigenvalue weighted by Gasteiger charge is -2.10. The Morgan fingerprint density at radius 1 is 1.35 bits per heavy atom. The molecule has 0 amide bonds. The summed E-state index contributed by atoms with van der Waals surface area (Å²) in [7, 11) is 0. The second kappa shape index (κ2) is 7.34. The predicted octanol–water partition coefficient (Wildman–Crippen LogP) is 4.96. The smallest absolute Gasteiger partial charge is 0.146 e. The minimum atomic E-state index is 0.574. The lowest BCUT2D eigenvalue weighted by molar-refractivity contribution is 0.632. The summed E-state index contributed by atoms with van der Waals surface area (Å²) in [6.07, 6.45) is 1.15.